The number of halogens is 1. The molecule has 0 atom stereocenters. The maximum atomic E-state index is 11.7. The Bertz CT molecular complexity index is 432. The molecule has 4 N–H and O–H groups in total. The molecular weight excluding hydrogens is 294 g/mol. The van der Waals surface area contributed by atoms with E-state index in [-0.39, 0.29) is 5.91 Å². The molecule has 0 saturated carbocycles. The van der Waals surface area contributed by atoms with Gasteiger partial charge in [-0.2, -0.15) is 0 Å². The van der Waals surface area contributed by atoms with E-state index in [1.165, 1.54) is 0 Å². The van der Waals surface area contributed by atoms with E-state index in [1.54, 1.807) is 0 Å². The normalized spacial score (nSPS) is 10.6. The second kappa shape index (κ2) is 6.75. The fraction of sp³-hybridized carbons (Fsp3) is 0.462. The maximum Gasteiger partial charge on any atom is 0.267 e. The second-order valence-corrected chi connectivity index (χ2v) is 5.61. The summed E-state index contributed by atoms with van der Waals surface area (Å²) >= 11 is 3.48. The van der Waals surface area contributed by atoms with Gasteiger partial charge in [-0.25, -0.2) is 5.84 Å². The van der Waals surface area contributed by atoms with Gasteiger partial charge in [-0.15, -0.1) is 0 Å². The monoisotopic (exact) mass is 313 g/mol. The van der Waals surface area contributed by atoms with Crippen LogP contribution in [0, 0.1) is 12.8 Å². The van der Waals surface area contributed by atoms with Crippen LogP contribution < -0.4 is 16.6 Å². The van der Waals surface area contributed by atoms with E-state index < -0.39 is 0 Å². The van der Waals surface area contributed by atoms with Crippen LogP contribution >= 0.6 is 15.9 Å². The molecule has 1 aromatic rings. The van der Waals surface area contributed by atoms with E-state index in [2.05, 4.69) is 40.5 Å². The smallest absolute Gasteiger partial charge is 0.267 e. The van der Waals surface area contributed by atoms with Gasteiger partial charge in [0.1, 0.15) is 0 Å². The molecule has 1 rings (SSSR count). The number of hydrogen-bond donors (Lipinski definition) is 3. The molecule has 0 aliphatic heterocycles. The summed E-state index contributed by atoms with van der Waals surface area (Å²) in [4.78, 5) is 11.7. The van der Waals surface area contributed by atoms with Gasteiger partial charge in [0.25, 0.3) is 5.91 Å². The Balaban J connectivity index is 2.96. The van der Waals surface area contributed by atoms with Crippen molar-refractivity contribution >= 4 is 27.5 Å². The van der Waals surface area contributed by atoms with Gasteiger partial charge in [-0.05, 0) is 52.9 Å². The van der Waals surface area contributed by atoms with Crippen LogP contribution in [-0.4, -0.2) is 12.5 Å². The number of nitrogen functional groups attached to an aromatic ring is 1. The highest BCUT2D eigenvalue weighted by molar-refractivity contribution is 9.10. The first-order chi connectivity index (χ1) is 8.45. The standard InChI is InChI=1S/C13H20BrN3O/c1-8(2)4-5-16-12-10(13(18)17-15)6-9(3)7-11(12)14/h6-8,16H,4-5,15H2,1-3H3,(H,17,18). The molecule has 0 bridgehead atoms. The SMILES string of the molecule is Cc1cc(Br)c(NCCC(C)C)c(C(=O)NN)c1. The molecule has 0 aliphatic carbocycles. The number of aryl methyl sites for hydroxylation is 1. The maximum absolute atomic E-state index is 11.7. The minimum atomic E-state index is -0.286. The number of carbonyl (C=O) groups is 1. The van der Waals surface area contributed by atoms with E-state index in [1.807, 2.05) is 19.1 Å². The van der Waals surface area contributed by atoms with Gasteiger partial charge >= 0.3 is 0 Å². The number of hydrazine groups is 1. The number of benzene rings is 1. The predicted molar refractivity (Wildman–Crippen MR) is 78.5 cm³/mol. The third-order valence-electron chi connectivity index (χ3n) is 2.63. The fourth-order valence-corrected chi connectivity index (χ4v) is 2.38. The summed E-state index contributed by atoms with van der Waals surface area (Å²) in [5, 5.41) is 3.29. The molecule has 1 amide bonds. The zero-order chi connectivity index (χ0) is 13.7. The van der Waals surface area contributed by atoms with Crippen LogP contribution in [0.4, 0.5) is 5.69 Å². The molecular formula is C13H20BrN3O. The summed E-state index contributed by atoms with van der Waals surface area (Å²) < 4.78 is 0.879. The molecule has 0 unspecified atom stereocenters. The van der Waals surface area contributed by atoms with Crippen molar-refractivity contribution < 1.29 is 4.79 Å². The number of nitrogens with two attached hydrogens (primary N) is 1. The Hall–Kier alpha value is -1.07. The number of nitrogens with one attached hydrogen (secondary N) is 2. The lowest BCUT2D eigenvalue weighted by molar-refractivity contribution is 0.0954. The average molecular weight is 314 g/mol. The lowest BCUT2D eigenvalue weighted by Gasteiger charge is -2.15. The first kappa shape index (κ1) is 15.0. The molecule has 18 heavy (non-hydrogen) atoms. The number of anilines is 1. The van der Waals surface area contributed by atoms with Crippen molar-refractivity contribution in [2.75, 3.05) is 11.9 Å². The summed E-state index contributed by atoms with van der Waals surface area (Å²) in [6.45, 7) is 7.10. The van der Waals surface area contributed by atoms with Gasteiger partial charge in [0.2, 0.25) is 0 Å². The van der Waals surface area contributed by atoms with Crippen LogP contribution in [0.1, 0.15) is 36.2 Å². The highest BCUT2D eigenvalue weighted by Gasteiger charge is 2.14. The molecule has 0 spiro atoms. The summed E-state index contributed by atoms with van der Waals surface area (Å²) in [5.74, 6) is 5.54. The fourth-order valence-electron chi connectivity index (χ4n) is 1.66. The molecule has 4 nitrogen and oxygen atoms in total. The quantitative estimate of drug-likeness (QED) is 0.445. The molecule has 0 aromatic heterocycles. The Morgan fingerprint density at radius 2 is 2.11 bits per heavy atom. The molecule has 0 radical (unpaired) electrons. The summed E-state index contributed by atoms with van der Waals surface area (Å²) in [6.07, 6.45) is 1.05. The predicted octanol–water partition coefficient (Wildman–Crippen LogP) is 2.82. The molecule has 0 aliphatic rings. The first-order valence-electron chi connectivity index (χ1n) is 6.00. The van der Waals surface area contributed by atoms with Crippen molar-refractivity contribution in [3.05, 3.63) is 27.7 Å². The first-order valence-corrected chi connectivity index (χ1v) is 6.80. The van der Waals surface area contributed by atoms with Crippen LogP contribution in [0.25, 0.3) is 0 Å². The van der Waals surface area contributed by atoms with E-state index in [0.717, 1.165) is 28.7 Å². The number of carbonyl (C=O) groups excluding carboxylic acids is 1. The molecule has 0 saturated heterocycles. The van der Waals surface area contributed by atoms with Crippen LogP contribution in [0.15, 0.2) is 16.6 Å². The van der Waals surface area contributed by atoms with Gasteiger partial charge in [0, 0.05) is 11.0 Å². The van der Waals surface area contributed by atoms with Crippen molar-refractivity contribution in [2.45, 2.75) is 27.2 Å². The topological polar surface area (TPSA) is 67.2 Å². The van der Waals surface area contributed by atoms with E-state index >= 15 is 0 Å². The van der Waals surface area contributed by atoms with Crippen molar-refractivity contribution in [3.63, 3.8) is 0 Å². The van der Waals surface area contributed by atoms with E-state index in [4.69, 9.17) is 5.84 Å². The van der Waals surface area contributed by atoms with Gasteiger partial charge in [0.15, 0.2) is 0 Å². The molecule has 5 heteroatoms. The van der Waals surface area contributed by atoms with Gasteiger partial charge in [-0.1, -0.05) is 13.8 Å². The van der Waals surface area contributed by atoms with Crippen LogP contribution in [0.3, 0.4) is 0 Å². The summed E-state index contributed by atoms with van der Waals surface area (Å²) in [5.41, 5.74) is 4.54. The summed E-state index contributed by atoms with van der Waals surface area (Å²) in [7, 11) is 0. The van der Waals surface area contributed by atoms with Crippen molar-refractivity contribution in [1.29, 1.82) is 0 Å². The van der Waals surface area contributed by atoms with Crippen LogP contribution in [0.5, 0.6) is 0 Å². The third kappa shape index (κ3) is 3.99. The second-order valence-electron chi connectivity index (χ2n) is 4.75. The number of rotatable bonds is 5. The zero-order valence-corrected chi connectivity index (χ0v) is 12.6. The Morgan fingerprint density at radius 1 is 1.44 bits per heavy atom. The lowest BCUT2D eigenvalue weighted by atomic mass is 10.1. The highest BCUT2D eigenvalue weighted by atomic mass is 79.9. The Morgan fingerprint density at radius 3 is 2.67 bits per heavy atom. The van der Waals surface area contributed by atoms with Gasteiger partial charge < -0.3 is 5.32 Å². The Labute approximate surface area is 116 Å². The van der Waals surface area contributed by atoms with E-state index in [0.29, 0.717) is 11.5 Å². The Kier molecular flexibility index (Phi) is 5.62. The molecule has 1 aromatic carbocycles. The van der Waals surface area contributed by atoms with Gasteiger partial charge in [-0.3, -0.25) is 10.2 Å². The largest absolute Gasteiger partial charge is 0.383 e. The van der Waals surface area contributed by atoms with Crippen LogP contribution in [0.2, 0.25) is 0 Å². The average Bonchev–Trinajstić information content (AvgIpc) is 2.30. The van der Waals surface area contributed by atoms with E-state index in [9.17, 15) is 4.79 Å². The van der Waals surface area contributed by atoms with Crippen molar-refractivity contribution in [2.24, 2.45) is 11.8 Å². The zero-order valence-electron chi connectivity index (χ0n) is 11.0. The number of hydrogen-bond acceptors (Lipinski definition) is 3. The van der Waals surface area contributed by atoms with Crippen molar-refractivity contribution in [1.82, 2.24) is 5.43 Å². The number of amides is 1. The van der Waals surface area contributed by atoms with Gasteiger partial charge in [0.05, 0.1) is 11.3 Å². The lowest BCUT2D eigenvalue weighted by Crippen LogP contribution is -2.31. The minimum Gasteiger partial charge on any atom is -0.383 e. The minimum absolute atomic E-state index is 0.286. The highest BCUT2D eigenvalue weighted by Crippen LogP contribution is 2.28. The van der Waals surface area contributed by atoms with Crippen molar-refractivity contribution in [3.8, 4) is 0 Å². The summed E-state index contributed by atoms with van der Waals surface area (Å²) in [6, 6.07) is 3.80. The molecule has 0 fully saturated rings. The third-order valence-corrected chi connectivity index (χ3v) is 3.26. The molecule has 0 heterocycles. The molecule has 100 valence electrons. The van der Waals surface area contributed by atoms with Crippen LogP contribution in [-0.2, 0) is 0 Å².